The Morgan fingerprint density at radius 2 is 1.44 bits per heavy atom. The van der Waals surface area contributed by atoms with Gasteiger partial charge in [0.15, 0.2) is 0 Å². The van der Waals surface area contributed by atoms with Crippen molar-refractivity contribution in [2.75, 3.05) is 26.2 Å². The van der Waals surface area contributed by atoms with Gasteiger partial charge < -0.3 is 10.2 Å². The average Bonchev–Trinajstić information content (AvgIpc) is 2.81. The average molecular weight is 485 g/mol. The van der Waals surface area contributed by atoms with Crippen molar-refractivity contribution in [3.8, 4) is 0 Å². The SMILES string of the molecule is CCN(CC)CCCCCC(C)=CCCC(C)=CCCC(C)=CCNC(=O)c1ccccc1S. The van der Waals surface area contributed by atoms with Gasteiger partial charge in [0.05, 0.1) is 5.56 Å². The molecule has 0 aliphatic heterocycles. The lowest BCUT2D eigenvalue weighted by molar-refractivity contribution is 0.0955. The van der Waals surface area contributed by atoms with Crippen LogP contribution in [0.15, 0.2) is 64.1 Å². The van der Waals surface area contributed by atoms with Crippen LogP contribution in [-0.4, -0.2) is 37.0 Å². The summed E-state index contributed by atoms with van der Waals surface area (Å²) in [5, 5.41) is 2.95. The smallest absolute Gasteiger partial charge is 0.252 e. The minimum absolute atomic E-state index is 0.0756. The number of rotatable bonds is 17. The monoisotopic (exact) mass is 484 g/mol. The predicted molar refractivity (Wildman–Crippen MR) is 152 cm³/mol. The molecule has 0 radical (unpaired) electrons. The molecule has 1 aromatic rings. The molecule has 34 heavy (non-hydrogen) atoms. The summed E-state index contributed by atoms with van der Waals surface area (Å²) in [6, 6.07) is 7.37. The van der Waals surface area contributed by atoms with Crippen LogP contribution in [0.5, 0.6) is 0 Å². The van der Waals surface area contributed by atoms with E-state index in [1.54, 1.807) is 6.07 Å². The molecule has 4 heteroatoms. The summed E-state index contributed by atoms with van der Waals surface area (Å²) < 4.78 is 0. The number of nitrogens with zero attached hydrogens (tertiary/aromatic N) is 1. The van der Waals surface area contributed by atoms with E-state index in [0.717, 1.165) is 25.7 Å². The second kappa shape index (κ2) is 18.5. The summed E-state index contributed by atoms with van der Waals surface area (Å²) >= 11 is 4.35. The third-order valence-corrected chi connectivity index (χ3v) is 6.75. The number of nitrogens with one attached hydrogen (secondary N) is 1. The first-order valence-corrected chi connectivity index (χ1v) is 13.6. The normalized spacial score (nSPS) is 13.0. The van der Waals surface area contributed by atoms with E-state index in [1.807, 2.05) is 18.2 Å². The van der Waals surface area contributed by atoms with Gasteiger partial charge in [-0.05, 0) is 97.5 Å². The summed E-state index contributed by atoms with van der Waals surface area (Å²) in [6.45, 7) is 15.3. The fraction of sp³-hybridized carbons (Fsp3) is 0.567. The van der Waals surface area contributed by atoms with Gasteiger partial charge in [0.25, 0.3) is 5.91 Å². The largest absolute Gasteiger partial charge is 0.349 e. The maximum Gasteiger partial charge on any atom is 0.252 e. The van der Waals surface area contributed by atoms with Crippen LogP contribution in [0, 0.1) is 0 Å². The molecule has 1 rings (SSSR count). The zero-order valence-corrected chi connectivity index (χ0v) is 23.2. The van der Waals surface area contributed by atoms with Gasteiger partial charge in [0.1, 0.15) is 0 Å². The van der Waals surface area contributed by atoms with Crippen LogP contribution < -0.4 is 5.32 Å². The van der Waals surface area contributed by atoms with Crippen LogP contribution in [0.3, 0.4) is 0 Å². The van der Waals surface area contributed by atoms with Gasteiger partial charge in [-0.2, -0.15) is 0 Å². The van der Waals surface area contributed by atoms with Crippen molar-refractivity contribution in [3.63, 3.8) is 0 Å². The minimum Gasteiger partial charge on any atom is -0.349 e. The van der Waals surface area contributed by atoms with Crippen molar-refractivity contribution in [1.29, 1.82) is 0 Å². The number of unbranched alkanes of at least 4 members (excludes halogenated alkanes) is 2. The summed E-state index contributed by atoms with van der Waals surface area (Å²) in [5.74, 6) is -0.0756. The highest BCUT2D eigenvalue weighted by molar-refractivity contribution is 7.80. The van der Waals surface area contributed by atoms with E-state index in [1.165, 1.54) is 62.0 Å². The van der Waals surface area contributed by atoms with Gasteiger partial charge in [-0.25, -0.2) is 0 Å². The first-order valence-electron chi connectivity index (χ1n) is 13.1. The number of hydrogen-bond donors (Lipinski definition) is 2. The van der Waals surface area contributed by atoms with Crippen LogP contribution in [0.25, 0.3) is 0 Å². The molecule has 0 saturated carbocycles. The number of carbonyl (C=O) groups is 1. The van der Waals surface area contributed by atoms with Crippen molar-refractivity contribution in [2.24, 2.45) is 0 Å². The Hall–Kier alpha value is -1.78. The second-order valence-corrected chi connectivity index (χ2v) is 9.78. The maximum atomic E-state index is 12.2. The van der Waals surface area contributed by atoms with E-state index < -0.39 is 0 Å². The van der Waals surface area contributed by atoms with Crippen LogP contribution in [0.2, 0.25) is 0 Å². The molecule has 0 aliphatic rings. The summed E-state index contributed by atoms with van der Waals surface area (Å²) in [6.07, 6.45) is 16.5. The van der Waals surface area contributed by atoms with E-state index >= 15 is 0 Å². The van der Waals surface area contributed by atoms with E-state index in [-0.39, 0.29) is 5.91 Å². The summed E-state index contributed by atoms with van der Waals surface area (Å²) in [5.41, 5.74) is 4.93. The van der Waals surface area contributed by atoms with Crippen LogP contribution in [-0.2, 0) is 0 Å². The van der Waals surface area contributed by atoms with Crippen LogP contribution in [0.4, 0.5) is 0 Å². The molecule has 0 fully saturated rings. The molecular formula is C30H48N2OS. The molecule has 0 saturated heterocycles. The quantitative estimate of drug-likeness (QED) is 0.133. The van der Waals surface area contributed by atoms with Gasteiger partial charge in [0.2, 0.25) is 0 Å². The number of amides is 1. The lowest BCUT2D eigenvalue weighted by atomic mass is 10.0. The van der Waals surface area contributed by atoms with Gasteiger partial charge in [-0.1, -0.05) is 67.3 Å². The Kier molecular flexibility index (Phi) is 16.5. The standard InChI is InChI=1S/C30H48N2OS/c1-6-32(7-2)24-12-8-9-15-25(3)16-13-17-26(4)18-14-19-27(5)22-23-31-30(33)28-20-10-11-21-29(28)34/h10-11,16,18,20-22,34H,6-9,12-15,17,19,23-24H2,1-5H3,(H,31,33). The van der Waals surface area contributed by atoms with Crippen LogP contribution >= 0.6 is 12.6 Å². The minimum atomic E-state index is -0.0756. The number of carbonyl (C=O) groups excluding carboxylic acids is 1. The molecule has 1 aromatic carbocycles. The third-order valence-electron chi connectivity index (χ3n) is 6.36. The number of hydrogen-bond acceptors (Lipinski definition) is 3. The van der Waals surface area contributed by atoms with Gasteiger partial charge in [0, 0.05) is 11.4 Å². The van der Waals surface area contributed by atoms with Crippen LogP contribution in [0.1, 0.15) is 96.3 Å². The highest BCUT2D eigenvalue weighted by Crippen LogP contribution is 2.15. The summed E-state index contributed by atoms with van der Waals surface area (Å²) in [4.78, 5) is 15.4. The Labute approximate surface area is 215 Å². The Morgan fingerprint density at radius 3 is 2.06 bits per heavy atom. The van der Waals surface area contributed by atoms with E-state index in [2.05, 4.69) is 75.7 Å². The third kappa shape index (κ3) is 13.8. The highest BCUT2D eigenvalue weighted by atomic mass is 32.1. The zero-order chi connectivity index (χ0) is 25.2. The molecule has 0 aromatic heterocycles. The van der Waals surface area contributed by atoms with Gasteiger partial charge >= 0.3 is 0 Å². The van der Waals surface area contributed by atoms with Gasteiger partial charge in [-0.3, -0.25) is 4.79 Å². The Morgan fingerprint density at radius 1 is 0.853 bits per heavy atom. The van der Waals surface area contributed by atoms with Crippen molar-refractivity contribution in [3.05, 3.63) is 64.8 Å². The number of thiol groups is 1. The molecule has 0 atom stereocenters. The predicted octanol–water partition coefficient (Wildman–Crippen LogP) is 8.01. The van der Waals surface area contributed by atoms with Crippen molar-refractivity contribution in [1.82, 2.24) is 10.2 Å². The Balaban J connectivity index is 2.20. The van der Waals surface area contributed by atoms with E-state index in [9.17, 15) is 4.79 Å². The molecule has 0 spiro atoms. The molecule has 0 unspecified atom stereocenters. The fourth-order valence-corrected chi connectivity index (χ4v) is 4.20. The molecule has 0 bridgehead atoms. The molecule has 190 valence electrons. The van der Waals surface area contributed by atoms with Gasteiger partial charge in [-0.15, -0.1) is 12.6 Å². The molecule has 0 heterocycles. The first-order chi connectivity index (χ1) is 16.4. The zero-order valence-electron chi connectivity index (χ0n) is 22.3. The Bertz CT molecular complexity index is 806. The maximum absolute atomic E-state index is 12.2. The van der Waals surface area contributed by atoms with E-state index in [4.69, 9.17) is 0 Å². The lowest BCUT2D eigenvalue weighted by Gasteiger charge is -2.17. The molecule has 3 nitrogen and oxygen atoms in total. The fourth-order valence-electron chi connectivity index (χ4n) is 3.93. The van der Waals surface area contributed by atoms with E-state index in [0.29, 0.717) is 17.0 Å². The van der Waals surface area contributed by atoms with Crippen molar-refractivity contribution in [2.45, 2.75) is 90.9 Å². The highest BCUT2D eigenvalue weighted by Gasteiger charge is 2.06. The molecule has 1 N–H and O–H groups in total. The van der Waals surface area contributed by atoms with Crippen molar-refractivity contribution >= 4 is 18.5 Å². The second-order valence-electron chi connectivity index (χ2n) is 9.29. The number of benzene rings is 1. The first kappa shape index (κ1) is 30.3. The lowest BCUT2D eigenvalue weighted by Crippen LogP contribution is -2.23. The topological polar surface area (TPSA) is 32.3 Å². The molecule has 1 amide bonds. The molecule has 0 aliphatic carbocycles. The van der Waals surface area contributed by atoms with Crippen molar-refractivity contribution < 1.29 is 4.79 Å². The molecular weight excluding hydrogens is 436 g/mol. The number of allylic oxidation sites excluding steroid dienone is 5. The summed E-state index contributed by atoms with van der Waals surface area (Å²) in [7, 11) is 0.